The monoisotopic (exact) mass is 214 g/mol. The number of rotatable bonds is 6. The molecule has 0 unspecified atom stereocenters. The van der Waals surface area contributed by atoms with E-state index in [4.69, 9.17) is 5.73 Å². The quantitative estimate of drug-likeness (QED) is 0.647. The molecule has 0 aromatic heterocycles. The summed E-state index contributed by atoms with van der Waals surface area (Å²) in [5, 5.41) is 0. The lowest BCUT2D eigenvalue weighted by molar-refractivity contribution is 0.127. The summed E-state index contributed by atoms with van der Waals surface area (Å²) in [6.07, 6.45) is 0. The van der Waals surface area contributed by atoms with E-state index in [0.717, 1.165) is 19.6 Å². The van der Waals surface area contributed by atoms with E-state index in [-0.39, 0.29) is 0 Å². The lowest BCUT2D eigenvalue weighted by Crippen LogP contribution is -2.48. The fourth-order valence-corrected chi connectivity index (χ4v) is 1.97. The molecule has 0 aliphatic carbocycles. The topological polar surface area (TPSA) is 35.7 Å². The maximum absolute atomic E-state index is 5.51. The van der Waals surface area contributed by atoms with E-state index in [1.54, 1.807) is 0 Å². The van der Waals surface area contributed by atoms with Crippen molar-refractivity contribution < 1.29 is 0 Å². The molecule has 0 radical (unpaired) electrons. The summed E-state index contributed by atoms with van der Waals surface area (Å²) in [6.45, 7) is 12.5. The minimum absolute atomic E-state index is 0.764. The van der Waals surface area contributed by atoms with Gasteiger partial charge in [-0.05, 0) is 13.6 Å². The van der Waals surface area contributed by atoms with Crippen LogP contribution in [-0.2, 0) is 0 Å². The van der Waals surface area contributed by atoms with Crippen molar-refractivity contribution in [2.24, 2.45) is 5.73 Å². The Morgan fingerprint density at radius 3 is 2.20 bits per heavy atom. The highest BCUT2D eigenvalue weighted by Gasteiger charge is 2.14. The zero-order chi connectivity index (χ0) is 11.1. The van der Waals surface area contributed by atoms with Gasteiger partial charge in [0.15, 0.2) is 0 Å². The second kappa shape index (κ2) is 7.17. The van der Waals surface area contributed by atoms with Crippen molar-refractivity contribution in [3.8, 4) is 0 Å². The maximum Gasteiger partial charge on any atom is 0.0110 e. The fourth-order valence-electron chi connectivity index (χ4n) is 1.97. The second-order valence-electron chi connectivity index (χ2n) is 4.37. The van der Waals surface area contributed by atoms with E-state index in [0.29, 0.717) is 0 Å². The van der Waals surface area contributed by atoms with E-state index in [1.807, 2.05) is 0 Å². The third-order valence-corrected chi connectivity index (χ3v) is 3.22. The molecule has 1 saturated heterocycles. The molecule has 0 atom stereocenters. The van der Waals surface area contributed by atoms with E-state index < -0.39 is 0 Å². The molecule has 4 heteroatoms. The standard InChI is InChI=1S/C11H26N4/c1-3-14-8-10-15(11-9-14)7-6-13(2)5-4-12/h3-12H2,1-2H3. The Hall–Kier alpha value is -0.160. The smallest absolute Gasteiger partial charge is 0.0110 e. The normalized spacial score (nSPS) is 20.0. The SMILES string of the molecule is CCN1CCN(CCN(C)CCN)CC1. The van der Waals surface area contributed by atoms with Crippen LogP contribution in [-0.4, -0.2) is 80.7 Å². The third kappa shape index (κ3) is 4.93. The number of nitrogens with two attached hydrogens (primary N) is 1. The molecule has 90 valence electrons. The van der Waals surface area contributed by atoms with Gasteiger partial charge in [0, 0.05) is 52.4 Å². The number of nitrogens with zero attached hydrogens (tertiary/aromatic N) is 3. The van der Waals surface area contributed by atoms with Gasteiger partial charge in [0.25, 0.3) is 0 Å². The summed E-state index contributed by atoms with van der Waals surface area (Å²) < 4.78 is 0. The summed E-state index contributed by atoms with van der Waals surface area (Å²) in [5.41, 5.74) is 5.51. The van der Waals surface area contributed by atoms with Crippen LogP contribution >= 0.6 is 0 Å². The van der Waals surface area contributed by atoms with Crippen LogP contribution in [0.1, 0.15) is 6.92 Å². The number of likely N-dealkylation sites (N-methyl/N-ethyl adjacent to an activating group) is 2. The van der Waals surface area contributed by atoms with Crippen molar-refractivity contribution in [3.05, 3.63) is 0 Å². The van der Waals surface area contributed by atoms with E-state index >= 15 is 0 Å². The van der Waals surface area contributed by atoms with Gasteiger partial charge in [-0.25, -0.2) is 0 Å². The third-order valence-electron chi connectivity index (χ3n) is 3.22. The predicted molar refractivity (Wildman–Crippen MR) is 65.1 cm³/mol. The zero-order valence-corrected chi connectivity index (χ0v) is 10.3. The first-order chi connectivity index (χ1) is 7.26. The van der Waals surface area contributed by atoms with Crippen LogP contribution in [0.5, 0.6) is 0 Å². The molecule has 0 spiro atoms. The highest BCUT2D eigenvalue weighted by Crippen LogP contribution is 2.00. The van der Waals surface area contributed by atoms with Crippen LogP contribution < -0.4 is 5.73 Å². The molecule has 4 nitrogen and oxygen atoms in total. The van der Waals surface area contributed by atoms with Crippen LogP contribution in [0, 0.1) is 0 Å². The Morgan fingerprint density at radius 2 is 1.67 bits per heavy atom. The van der Waals surface area contributed by atoms with Crippen LogP contribution in [0.15, 0.2) is 0 Å². The molecule has 0 saturated carbocycles. The lowest BCUT2D eigenvalue weighted by atomic mass is 10.3. The Morgan fingerprint density at radius 1 is 1.07 bits per heavy atom. The van der Waals surface area contributed by atoms with Gasteiger partial charge in [0.2, 0.25) is 0 Å². The van der Waals surface area contributed by atoms with Gasteiger partial charge in [0.1, 0.15) is 0 Å². The highest BCUT2D eigenvalue weighted by molar-refractivity contribution is 4.71. The zero-order valence-electron chi connectivity index (χ0n) is 10.3. The molecule has 0 aromatic carbocycles. The Bertz CT molecular complexity index is 155. The average molecular weight is 214 g/mol. The molecule has 1 rings (SSSR count). The van der Waals surface area contributed by atoms with Crippen molar-refractivity contribution in [3.63, 3.8) is 0 Å². The van der Waals surface area contributed by atoms with E-state index in [9.17, 15) is 0 Å². The summed E-state index contributed by atoms with van der Waals surface area (Å²) >= 11 is 0. The average Bonchev–Trinajstić information content (AvgIpc) is 2.27. The van der Waals surface area contributed by atoms with Crippen molar-refractivity contribution >= 4 is 0 Å². The molecule has 0 aromatic rings. The van der Waals surface area contributed by atoms with Crippen molar-refractivity contribution in [2.45, 2.75) is 6.92 Å². The summed E-state index contributed by atoms with van der Waals surface area (Å²) in [5.74, 6) is 0. The molecule has 1 heterocycles. The van der Waals surface area contributed by atoms with Gasteiger partial charge in [0.05, 0.1) is 0 Å². The van der Waals surface area contributed by atoms with Crippen LogP contribution in [0.3, 0.4) is 0 Å². The van der Waals surface area contributed by atoms with Crippen molar-refractivity contribution in [1.82, 2.24) is 14.7 Å². The van der Waals surface area contributed by atoms with Gasteiger partial charge >= 0.3 is 0 Å². The molecule has 1 fully saturated rings. The summed E-state index contributed by atoms with van der Waals surface area (Å²) in [4.78, 5) is 7.38. The molecule has 1 aliphatic rings. The van der Waals surface area contributed by atoms with Crippen molar-refractivity contribution in [2.75, 3.05) is 66.0 Å². The molecule has 0 bridgehead atoms. The fraction of sp³-hybridized carbons (Fsp3) is 1.00. The first-order valence-corrected chi connectivity index (χ1v) is 6.09. The summed E-state index contributed by atoms with van der Waals surface area (Å²) in [7, 11) is 2.15. The summed E-state index contributed by atoms with van der Waals surface area (Å²) in [6, 6.07) is 0. The van der Waals surface area contributed by atoms with Crippen LogP contribution in [0.2, 0.25) is 0 Å². The second-order valence-corrected chi connectivity index (χ2v) is 4.37. The highest BCUT2D eigenvalue weighted by atomic mass is 15.3. The molecule has 2 N–H and O–H groups in total. The van der Waals surface area contributed by atoms with Crippen molar-refractivity contribution in [1.29, 1.82) is 0 Å². The van der Waals surface area contributed by atoms with Gasteiger partial charge in [-0.2, -0.15) is 0 Å². The molecule has 0 amide bonds. The molecular formula is C11H26N4. The van der Waals surface area contributed by atoms with Crippen LogP contribution in [0.4, 0.5) is 0 Å². The minimum Gasteiger partial charge on any atom is -0.329 e. The molecule has 1 aliphatic heterocycles. The first kappa shape index (κ1) is 12.9. The van der Waals surface area contributed by atoms with Gasteiger partial charge in [-0.1, -0.05) is 6.92 Å². The Kier molecular flexibility index (Phi) is 6.17. The van der Waals surface area contributed by atoms with Gasteiger partial charge < -0.3 is 15.5 Å². The number of hydrogen-bond acceptors (Lipinski definition) is 4. The largest absolute Gasteiger partial charge is 0.329 e. The first-order valence-electron chi connectivity index (χ1n) is 6.09. The molecule has 15 heavy (non-hydrogen) atoms. The lowest BCUT2D eigenvalue weighted by Gasteiger charge is -2.34. The van der Waals surface area contributed by atoms with E-state index in [1.165, 1.54) is 39.3 Å². The number of piperazine rings is 1. The van der Waals surface area contributed by atoms with E-state index in [2.05, 4.69) is 28.7 Å². The Balaban J connectivity index is 2.08. The minimum atomic E-state index is 0.764. The van der Waals surface area contributed by atoms with Gasteiger partial charge in [-0.3, -0.25) is 4.90 Å². The maximum atomic E-state index is 5.51. The van der Waals surface area contributed by atoms with Gasteiger partial charge in [-0.15, -0.1) is 0 Å². The Labute approximate surface area is 94.0 Å². The molecular weight excluding hydrogens is 188 g/mol. The number of hydrogen-bond donors (Lipinski definition) is 1. The van der Waals surface area contributed by atoms with Crippen LogP contribution in [0.25, 0.3) is 0 Å². The predicted octanol–water partition coefficient (Wildman–Crippen LogP) is -0.486.